The Morgan fingerprint density at radius 3 is 2.24 bits per heavy atom. The monoisotopic (exact) mass is 366 g/mol. The van der Waals surface area contributed by atoms with Gasteiger partial charge in [-0.05, 0) is 55.3 Å². The van der Waals surface area contributed by atoms with Gasteiger partial charge in [-0.15, -0.1) is 0 Å². The summed E-state index contributed by atoms with van der Waals surface area (Å²) >= 11 is 0. The number of rotatable bonds is 5. The van der Waals surface area contributed by atoms with E-state index in [0.717, 1.165) is 30.5 Å². The number of nitrogens with zero attached hydrogens (tertiary/aromatic N) is 1. The molecule has 8 heteroatoms. The molecule has 132 valence electrons. The predicted molar refractivity (Wildman–Crippen MR) is 91.1 cm³/mol. The SMILES string of the molecule is CS(=O)(=O)N(c1ccc(F)cc1NC(=O)c1ccc(F)cc1)C1CC1. The summed E-state index contributed by atoms with van der Waals surface area (Å²) in [4.78, 5) is 12.3. The van der Waals surface area contributed by atoms with E-state index in [1.54, 1.807) is 0 Å². The summed E-state index contributed by atoms with van der Waals surface area (Å²) in [6, 6.07) is 8.19. The van der Waals surface area contributed by atoms with E-state index < -0.39 is 27.6 Å². The van der Waals surface area contributed by atoms with Crippen molar-refractivity contribution < 1.29 is 22.0 Å². The lowest BCUT2D eigenvalue weighted by Crippen LogP contribution is -2.33. The van der Waals surface area contributed by atoms with Crippen LogP contribution in [0.1, 0.15) is 23.2 Å². The average Bonchev–Trinajstić information content (AvgIpc) is 3.33. The molecule has 0 aliphatic heterocycles. The van der Waals surface area contributed by atoms with E-state index in [-0.39, 0.29) is 23.0 Å². The molecular weight excluding hydrogens is 350 g/mol. The minimum absolute atomic E-state index is 0.0478. The third-order valence-electron chi connectivity index (χ3n) is 3.79. The van der Waals surface area contributed by atoms with Crippen LogP contribution < -0.4 is 9.62 Å². The first kappa shape index (κ1) is 17.3. The zero-order valence-corrected chi connectivity index (χ0v) is 14.2. The van der Waals surface area contributed by atoms with Crippen LogP contribution in [0.2, 0.25) is 0 Å². The van der Waals surface area contributed by atoms with Crippen molar-refractivity contribution in [1.82, 2.24) is 0 Å². The van der Waals surface area contributed by atoms with Crippen LogP contribution in [0.4, 0.5) is 20.2 Å². The molecule has 0 radical (unpaired) electrons. The van der Waals surface area contributed by atoms with Gasteiger partial charge in [-0.2, -0.15) is 0 Å². The molecule has 5 nitrogen and oxygen atoms in total. The molecule has 0 saturated heterocycles. The molecule has 0 aromatic heterocycles. The number of anilines is 2. The number of carbonyl (C=O) groups excluding carboxylic acids is 1. The lowest BCUT2D eigenvalue weighted by Gasteiger charge is -2.25. The molecule has 3 rings (SSSR count). The fourth-order valence-electron chi connectivity index (χ4n) is 2.55. The van der Waals surface area contributed by atoms with E-state index in [1.165, 1.54) is 22.5 Å². The minimum atomic E-state index is -3.59. The highest BCUT2D eigenvalue weighted by molar-refractivity contribution is 7.92. The third-order valence-corrected chi connectivity index (χ3v) is 5.00. The van der Waals surface area contributed by atoms with E-state index in [0.29, 0.717) is 12.8 Å². The second kappa shape index (κ2) is 6.44. The van der Waals surface area contributed by atoms with E-state index in [9.17, 15) is 22.0 Å². The Labute approximate surface area is 144 Å². The fraction of sp³-hybridized carbons (Fsp3) is 0.235. The number of hydrogen-bond acceptors (Lipinski definition) is 3. The molecule has 0 atom stereocenters. The molecule has 0 spiro atoms. The van der Waals surface area contributed by atoms with Crippen LogP contribution in [0.25, 0.3) is 0 Å². The number of hydrogen-bond donors (Lipinski definition) is 1. The van der Waals surface area contributed by atoms with Crippen molar-refractivity contribution in [2.45, 2.75) is 18.9 Å². The van der Waals surface area contributed by atoms with Gasteiger partial charge >= 0.3 is 0 Å². The second-order valence-corrected chi connectivity index (χ2v) is 7.77. The summed E-state index contributed by atoms with van der Waals surface area (Å²) in [6.07, 6.45) is 2.48. The van der Waals surface area contributed by atoms with E-state index in [1.807, 2.05) is 0 Å². The standard InChI is InChI=1S/C17H16F2N2O3S/c1-25(23,24)21(14-7-8-14)16-9-6-13(19)10-15(16)20-17(22)11-2-4-12(18)5-3-11/h2-6,9-10,14H,7-8H2,1H3,(H,20,22). The summed E-state index contributed by atoms with van der Waals surface area (Å²) < 4.78 is 52.1. The molecule has 2 aromatic carbocycles. The zero-order valence-electron chi connectivity index (χ0n) is 13.4. The van der Waals surface area contributed by atoms with Crippen molar-refractivity contribution >= 4 is 27.3 Å². The Hall–Kier alpha value is -2.48. The molecule has 0 heterocycles. The van der Waals surface area contributed by atoms with Crippen LogP contribution in [0, 0.1) is 11.6 Å². The largest absolute Gasteiger partial charge is 0.320 e. The predicted octanol–water partition coefficient (Wildman–Crippen LogP) is 3.15. The lowest BCUT2D eigenvalue weighted by molar-refractivity contribution is 0.102. The zero-order chi connectivity index (χ0) is 18.2. The number of halogens is 2. The van der Waals surface area contributed by atoms with Gasteiger partial charge < -0.3 is 5.32 Å². The maximum Gasteiger partial charge on any atom is 0.255 e. The van der Waals surface area contributed by atoms with Crippen LogP contribution in [-0.2, 0) is 10.0 Å². The highest BCUT2D eigenvalue weighted by Crippen LogP contribution is 2.38. The summed E-state index contributed by atoms with van der Waals surface area (Å²) in [5.41, 5.74) is 0.433. The molecule has 1 saturated carbocycles. The van der Waals surface area contributed by atoms with E-state index in [2.05, 4.69) is 5.32 Å². The van der Waals surface area contributed by atoms with Gasteiger partial charge in [0.15, 0.2) is 0 Å². The van der Waals surface area contributed by atoms with Gasteiger partial charge in [0.2, 0.25) is 10.0 Å². The average molecular weight is 366 g/mol. The third kappa shape index (κ3) is 3.96. The Morgan fingerprint density at radius 1 is 1.08 bits per heavy atom. The summed E-state index contributed by atoms with van der Waals surface area (Å²) in [6.45, 7) is 0. The Kier molecular flexibility index (Phi) is 4.47. The molecule has 1 fully saturated rings. The first-order valence-corrected chi connectivity index (χ1v) is 9.46. The van der Waals surface area contributed by atoms with Gasteiger partial charge in [0.25, 0.3) is 5.91 Å². The van der Waals surface area contributed by atoms with Crippen LogP contribution in [0.5, 0.6) is 0 Å². The number of amides is 1. The maximum absolute atomic E-state index is 13.7. The van der Waals surface area contributed by atoms with Crippen molar-refractivity contribution in [2.24, 2.45) is 0 Å². The molecule has 1 N–H and O–H groups in total. The molecule has 1 aliphatic carbocycles. The van der Waals surface area contributed by atoms with Crippen molar-refractivity contribution in [3.05, 3.63) is 59.7 Å². The normalized spacial score (nSPS) is 14.2. The quantitative estimate of drug-likeness (QED) is 0.884. The molecule has 0 bridgehead atoms. The summed E-state index contributed by atoms with van der Waals surface area (Å²) in [5.74, 6) is -1.68. The molecule has 1 aliphatic rings. The number of nitrogens with one attached hydrogen (secondary N) is 1. The highest BCUT2D eigenvalue weighted by Gasteiger charge is 2.36. The maximum atomic E-state index is 13.7. The number of sulfonamides is 1. The van der Waals surface area contributed by atoms with Crippen LogP contribution >= 0.6 is 0 Å². The highest BCUT2D eigenvalue weighted by atomic mass is 32.2. The van der Waals surface area contributed by atoms with Gasteiger partial charge in [0.1, 0.15) is 11.6 Å². The van der Waals surface area contributed by atoms with Gasteiger partial charge in [0, 0.05) is 11.6 Å². The van der Waals surface area contributed by atoms with Gasteiger partial charge in [-0.25, -0.2) is 17.2 Å². The van der Waals surface area contributed by atoms with Crippen molar-refractivity contribution in [3.8, 4) is 0 Å². The summed E-state index contributed by atoms with van der Waals surface area (Å²) in [5, 5.41) is 2.51. The van der Waals surface area contributed by atoms with E-state index >= 15 is 0 Å². The second-order valence-electron chi connectivity index (χ2n) is 5.91. The van der Waals surface area contributed by atoms with Crippen molar-refractivity contribution in [2.75, 3.05) is 15.9 Å². The first-order chi connectivity index (χ1) is 11.8. The number of carbonyl (C=O) groups is 1. The van der Waals surface area contributed by atoms with Crippen LogP contribution in [-0.4, -0.2) is 26.6 Å². The van der Waals surface area contributed by atoms with Crippen molar-refractivity contribution in [1.29, 1.82) is 0 Å². The number of benzene rings is 2. The van der Waals surface area contributed by atoms with Gasteiger partial charge in [-0.1, -0.05) is 0 Å². The molecular formula is C17H16F2N2O3S. The lowest BCUT2D eigenvalue weighted by atomic mass is 10.2. The molecule has 2 aromatic rings. The summed E-state index contributed by atoms with van der Waals surface area (Å²) in [7, 11) is -3.59. The smallest absolute Gasteiger partial charge is 0.255 e. The van der Waals surface area contributed by atoms with E-state index in [4.69, 9.17) is 0 Å². The molecule has 0 unspecified atom stereocenters. The Balaban J connectivity index is 1.96. The first-order valence-electron chi connectivity index (χ1n) is 7.61. The Bertz CT molecular complexity index is 910. The van der Waals surface area contributed by atoms with Crippen LogP contribution in [0.3, 0.4) is 0 Å². The van der Waals surface area contributed by atoms with Gasteiger partial charge in [0.05, 0.1) is 17.6 Å². The van der Waals surface area contributed by atoms with Crippen LogP contribution in [0.15, 0.2) is 42.5 Å². The van der Waals surface area contributed by atoms with Gasteiger partial charge in [-0.3, -0.25) is 9.10 Å². The topological polar surface area (TPSA) is 66.5 Å². The fourth-order valence-corrected chi connectivity index (χ4v) is 3.82. The minimum Gasteiger partial charge on any atom is -0.320 e. The van der Waals surface area contributed by atoms with Crippen molar-refractivity contribution in [3.63, 3.8) is 0 Å². The Morgan fingerprint density at radius 2 is 1.68 bits per heavy atom. The molecule has 1 amide bonds. The molecule has 25 heavy (non-hydrogen) atoms.